The Labute approximate surface area is 210 Å². The summed E-state index contributed by atoms with van der Waals surface area (Å²) in [5.74, 6) is -0.317. The van der Waals surface area contributed by atoms with Crippen molar-refractivity contribution in [2.75, 3.05) is 16.0 Å². The molecule has 0 saturated heterocycles. The Morgan fingerprint density at radius 3 is 2.17 bits per heavy atom. The van der Waals surface area contributed by atoms with Gasteiger partial charge in [0.05, 0.1) is 11.4 Å². The molecule has 0 aliphatic heterocycles. The first-order chi connectivity index (χ1) is 17.2. The number of fused-ring (bicyclic) bond motifs is 1. The number of carbonyl (C=O) groups is 3. The zero-order valence-corrected chi connectivity index (χ0v) is 20.5. The Morgan fingerprint density at radius 1 is 0.806 bits per heavy atom. The summed E-state index contributed by atoms with van der Waals surface area (Å²) >= 11 is 0. The van der Waals surface area contributed by atoms with E-state index in [-0.39, 0.29) is 12.0 Å². The first kappa shape index (κ1) is 24.8. The fraction of sp³-hybridized carbons (Fsp3) is 0.250. The quantitative estimate of drug-likeness (QED) is 0.380. The van der Waals surface area contributed by atoms with Crippen molar-refractivity contribution >= 4 is 35.2 Å². The predicted molar refractivity (Wildman–Crippen MR) is 138 cm³/mol. The molecule has 3 aromatic carbocycles. The standard InChI is InChI=1S/C28H29N3O5/c1-28(2,3)36-27(34)31-23-12-8-7-11-22(23)30-25(32)19-13-15-21-18(17-19)14-16-24(21)35-26(33)29-20-9-5-4-6-10-20/h4-13,15,17,24H,14,16H2,1-3H3,(H,29,33)(H,30,32)(H,31,34). The summed E-state index contributed by atoms with van der Waals surface area (Å²) in [7, 11) is 0. The van der Waals surface area contributed by atoms with Gasteiger partial charge in [-0.2, -0.15) is 0 Å². The van der Waals surface area contributed by atoms with Gasteiger partial charge in [0.2, 0.25) is 0 Å². The van der Waals surface area contributed by atoms with E-state index < -0.39 is 17.8 Å². The highest BCUT2D eigenvalue weighted by atomic mass is 16.6. The van der Waals surface area contributed by atoms with Gasteiger partial charge >= 0.3 is 12.2 Å². The molecule has 1 aliphatic rings. The lowest BCUT2D eigenvalue weighted by atomic mass is 10.0. The summed E-state index contributed by atoms with van der Waals surface area (Å²) in [5.41, 5.74) is 3.22. The molecule has 4 rings (SSSR count). The number of hydrogen-bond donors (Lipinski definition) is 3. The Hall–Kier alpha value is -4.33. The molecule has 1 atom stereocenters. The van der Waals surface area contributed by atoms with Crippen LogP contribution in [0, 0.1) is 0 Å². The smallest absolute Gasteiger partial charge is 0.412 e. The lowest BCUT2D eigenvalue weighted by Crippen LogP contribution is -2.27. The fourth-order valence-corrected chi connectivity index (χ4v) is 3.95. The molecule has 0 fully saturated rings. The number of hydrogen-bond acceptors (Lipinski definition) is 5. The van der Waals surface area contributed by atoms with Crippen LogP contribution in [0.3, 0.4) is 0 Å². The third-order valence-corrected chi connectivity index (χ3v) is 5.51. The lowest BCUT2D eigenvalue weighted by Gasteiger charge is -2.20. The van der Waals surface area contributed by atoms with Gasteiger partial charge in [-0.25, -0.2) is 9.59 Å². The maximum Gasteiger partial charge on any atom is 0.412 e. The number of anilines is 3. The van der Waals surface area contributed by atoms with E-state index in [1.165, 1.54) is 0 Å². The van der Waals surface area contributed by atoms with Gasteiger partial charge in [-0.15, -0.1) is 0 Å². The van der Waals surface area contributed by atoms with Crippen molar-refractivity contribution in [2.45, 2.75) is 45.3 Å². The van der Waals surface area contributed by atoms with Crippen LogP contribution >= 0.6 is 0 Å². The SMILES string of the molecule is CC(C)(C)OC(=O)Nc1ccccc1NC(=O)c1ccc2c(c1)CCC2OC(=O)Nc1ccccc1. The van der Waals surface area contributed by atoms with Crippen LogP contribution in [0.25, 0.3) is 0 Å². The van der Waals surface area contributed by atoms with Crippen LogP contribution in [-0.4, -0.2) is 23.7 Å². The van der Waals surface area contributed by atoms with Gasteiger partial charge in [-0.3, -0.25) is 15.4 Å². The van der Waals surface area contributed by atoms with Gasteiger partial charge in [-0.1, -0.05) is 36.4 Å². The lowest BCUT2D eigenvalue weighted by molar-refractivity contribution is 0.0635. The van der Waals surface area contributed by atoms with Gasteiger partial charge in [-0.05, 0) is 81.1 Å². The normalized spacial score (nSPS) is 14.4. The molecule has 3 N–H and O–H groups in total. The van der Waals surface area contributed by atoms with Crippen LogP contribution in [0.2, 0.25) is 0 Å². The fourth-order valence-electron chi connectivity index (χ4n) is 3.95. The third-order valence-electron chi connectivity index (χ3n) is 5.51. The zero-order chi connectivity index (χ0) is 25.7. The topological polar surface area (TPSA) is 106 Å². The zero-order valence-electron chi connectivity index (χ0n) is 20.5. The molecule has 186 valence electrons. The summed E-state index contributed by atoms with van der Waals surface area (Å²) < 4.78 is 10.9. The maximum atomic E-state index is 13.0. The average Bonchev–Trinajstić information content (AvgIpc) is 3.21. The van der Waals surface area contributed by atoms with Crippen LogP contribution in [0.1, 0.15) is 54.8 Å². The van der Waals surface area contributed by atoms with Crippen molar-refractivity contribution in [3.63, 3.8) is 0 Å². The van der Waals surface area contributed by atoms with Crippen molar-refractivity contribution in [2.24, 2.45) is 0 Å². The highest BCUT2D eigenvalue weighted by Crippen LogP contribution is 2.35. The molecule has 0 saturated carbocycles. The highest BCUT2D eigenvalue weighted by molar-refractivity contribution is 6.07. The third kappa shape index (κ3) is 6.41. The first-order valence-corrected chi connectivity index (χ1v) is 11.7. The molecule has 0 radical (unpaired) electrons. The number of ether oxygens (including phenoxy) is 2. The summed E-state index contributed by atoms with van der Waals surface area (Å²) in [6.45, 7) is 5.33. The van der Waals surface area contributed by atoms with Crippen LogP contribution in [-0.2, 0) is 15.9 Å². The molecule has 8 nitrogen and oxygen atoms in total. The summed E-state index contributed by atoms with van der Waals surface area (Å²) in [6.07, 6.45) is -0.166. The predicted octanol–water partition coefficient (Wildman–Crippen LogP) is 6.52. The van der Waals surface area contributed by atoms with Crippen molar-refractivity contribution in [3.05, 3.63) is 89.5 Å². The summed E-state index contributed by atoms with van der Waals surface area (Å²) in [6, 6.07) is 21.4. The van der Waals surface area contributed by atoms with E-state index in [0.717, 1.165) is 11.1 Å². The molecule has 3 amide bonds. The monoisotopic (exact) mass is 487 g/mol. The van der Waals surface area contributed by atoms with Gasteiger partial charge in [0.1, 0.15) is 11.7 Å². The molecule has 8 heteroatoms. The number of amides is 3. The maximum absolute atomic E-state index is 13.0. The molecule has 0 bridgehead atoms. The second-order valence-electron chi connectivity index (χ2n) is 9.46. The van der Waals surface area contributed by atoms with Gasteiger partial charge in [0, 0.05) is 11.3 Å². The van der Waals surface area contributed by atoms with Crippen LogP contribution < -0.4 is 16.0 Å². The van der Waals surface area contributed by atoms with E-state index in [1.807, 2.05) is 30.3 Å². The van der Waals surface area contributed by atoms with Crippen LogP contribution in [0.15, 0.2) is 72.8 Å². The van der Waals surface area contributed by atoms with E-state index in [4.69, 9.17) is 9.47 Å². The number of nitrogens with one attached hydrogen (secondary N) is 3. The summed E-state index contributed by atoms with van der Waals surface area (Å²) in [5, 5.41) is 8.25. The van der Waals surface area contributed by atoms with Crippen molar-refractivity contribution in [1.29, 1.82) is 0 Å². The molecule has 1 unspecified atom stereocenters. The van der Waals surface area contributed by atoms with Crippen LogP contribution in [0.5, 0.6) is 0 Å². The molecule has 0 heterocycles. The molecule has 3 aromatic rings. The summed E-state index contributed by atoms with van der Waals surface area (Å²) in [4.78, 5) is 37.5. The second kappa shape index (κ2) is 10.5. The van der Waals surface area contributed by atoms with E-state index in [2.05, 4.69) is 16.0 Å². The highest BCUT2D eigenvalue weighted by Gasteiger charge is 2.27. The van der Waals surface area contributed by atoms with Crippen molar-refractivity contribution in [1.82, 2.24) is 0 Å². The molecule has 1 aliphatic carbocycles. The molecule has 0 aromatic heterocycles. The van der Waals surface area contributed by atoms with E-state index in [1.54, 1.807) is 63.2 Å². The number of aryl methyl sites for hydroxylation is 1. The first-order valence-electron chi connectivity index (χ1n) is 11.7. The second-order valence-corrected chi connectivity index (χ2v) is 9.46. The molecule has 36 heavy (non-hydrogen) atoms. The van der Waals surface area contributed by atoms with E-state index >= 15 is 0 Å². The molecular formula is C28H29N3O5. The Bertz CT molecular complexity index is 1270. The number of para-hydroxylation sites is 3. The van der Waals surface area contributed by atoms with Crippen molar-refractivity contribution < 1.29 is 23.9 Å². The van der Waals surface area contributed by atoms with Crippen molar-refractivity contribution in [3.8, 4) is 0 Å². The molecule has 0 spiro atoms. The number of carbonyl (C=O) groups excluding carboxylic acids is 3. The van der Waals surface area contributed by atoms with Gasteiger partial charge < -0.3 is 14.8 Å². The van der Waals surface area contributed by atoms with Gasteiger partial charge in [0.15, 0.2) is 0 Å². The average molecular weight is 488 g/mol. The number of benzene rings is 3. The minimum absolute atomic E-state index is 0.317. The Morgan fingerprint density at radius 2 is 1.47 bits per heavy atom. The largest absolute Gasteiger partial charge is 0.444 e. The Balaban J connectivity index is 1.41. The number of rotatable bonds is 5. The van der Waals surface area contributed by atoms with E-state index in [9.17, 15) is 14.4 Å². The van der Waals surface area contributed by atoms with E-state index in [0.29, 0.717) is 35.5 Å². The molecular weight excluding hydrogens is 458 g/mol. The minimum atomic E-state index is -0.642. The van der Waals surface area contributed by atoms with Gasteiger partial charge in [0.25, 0.3) is 5.91 Å². The Kier molecular flexibility index (Phi) is 7.24. The van der Waals surface area contributed by atoms with Crippen LogP contribution in [0.4, 0.5) is 26.7 Å². The minimum Gasteiger partial charge on any atom is -0.444 e.